The Labute approximate surface area is 181 Å². The van der Waals surface area contributed by atoms with Gasteiger partial charge in [0.25, 0.3) is 0 Å². The molecule has 0 saturated carbocycles. The highest BCUT2D eigenvalue weighted by atomic mass is 127. The normalized spacial score (nSPS) is 12.7. The number of carbonyl (C=O) groups excluding carboxylic acids is 1. The Hall–Kier alpha value is -1.35. The fraction of sp³-hybridized carbons (Fsp3) is 0.600. The van der Waals surface area contributed by atoms with Gasteiger partial charge in [0.15, 0.2) is 5.96 Å². The van der Waals surface area contributed by atoms with Crippen molar-refractivity contribution in [1.29, 1.82) is 0 Å². The monoisotopic (exact) mass is 490 g/mol. The van der Waals surface area contributed by atoms with E-state index in [1.807, 2.05) is 25.1 Å². The van der Waals surface area contributed by atoms with Crippen LogP contribution >= 0.6 is 24.0 Å². The highest BCUT2D eigenvalue weighted by molar-refractivity contribution is 14.0. The summed E-state index contributed by atoms with van der Waals surface area (Å²) >= 11 is 0. The molecule has 154 valence electrons. The van der Waals surface area contributed by atoms with Crippen molar-refractivity contribution in [2.45, 2.75) is 40.2 Å². The Morgan fingerprint density at radius 3 is 2.37 bits per heavy atom. The van der Waals surface area contributed by atoms with Crippen molar-refractivity contribution < 1.29 is 9.53 Å². The summed E-state index contributed by atoms with van der Waals surface area (Å²) in [5, 5.41) is 9.31. The van der Waals surface area contributed by atoms with E-state index in [9.17, 15) is 4.79 Å². The van der Waals surface area contributed by atoms with Gasteiger partial charge < -0.3 is 20.7 Å². The van der Waals surface area contributed by atoms with Gasteiger partial charge in [0.2, 0.25) is 5.91 Å². The molecule has 27 heavy (non-hydrogen) atoms. The van der Waals surface area contributed by atoms with Crippen LogP contribution in [0.2, 0.25) is 0 Å². The summed E-state index contributed by atoms with van der Waals surface area (Å²) in [6.07, 6.45) is 0.862. The van der Waals surface area contributed by atoms with Crippen molar-refractivity contribution in [3.05, 3.63) is 35.9 Å². The predicted molar refractivity (Wildman–Crippen MR) is 123 cm³/mol. The molecule has 3 N–H and O–H groups in total. The van der Waals surface area contributed by atoms with Crippen LogP contribution in [0, 0.1) is 5.41 Å². The number of halogens is 1. The third-order valence-electron chi connectivity index (χ3n) is 4.01. The molecule has 6 nitrogen and oxygen atoms in total. The molecule has 0 aliphatic rings. The Morgan fingerprint density at radius 2 is 1.81 bits per heavy atom. The molecule has 1 aromatic rings. The molecule has 1 amide bonds. The van der Waals surface area contributed by atoms with Gasteiger partial charge >= 0.3 is 0 Å². The van der Waals surface area contributed by atoms with Gasteiger partial charge in [-0.15, -0.1) is 24.0 Å². The summed E-state index contributed by atoms with van der Waals surface area (Å²) in [7, 11) is 1.71. The van der Waals surface area contributed by atoms with Crippen LogP contribution in [0.25, 0.3) is 0 Å². The second kappa shape index (κ2) is 13.8. The average Bonchev–Trinajstić information content (AvgIpc) is 2.60. The number of guanidine groups is 1. The van der Waals surface area contributed by atoms with Crippen LogP contribution in [0.1, 0.15) is 33.3 Å². The van der Waals surface area contributed by atoms with Gasteiger partial charge in [0, 0.05) is 26.7 Å². The number of hydrogen-bond acceptors (Lipinski definition) is 3. The maximum Gasteiger partial charge on any atom is 0.241 e. The zero-order valence-corrected chi connectivity index (χ0v) is 19.5. The van der Waals surface area contributed by atoms with Crippen molar-refractivity contribution in [2.24, 2.45) is 10.4 Å². The summed E-state index contributed by atoms with van der Waals surface area (Å²) in [5.41, 5.74) is 1.23. The van der Waals surface area contributed by atoms with Crippen LogP contribution in [0.15, 0.2) is 35.3 Å². The minimum Gasteiger partial charge on any atom is -0.379 e. The smallest absolute Gasteiger partial charge is 0.241 e. The zero-order chi connectivity index (χ0) is 19.4. The highest BCUT2D eigenvalue weighted by Gasteiger charge is 2.24. The van der Waals surface area contributed by atoms with Crippen molar-refractivity contribution in [1.82, 2.24) is 16.0 Å². The van der Waals surface area contributed by atoms with Gasteiger partial charge in [0.05, 0.1) is 6.10 Å². The summed E-state index contributed by atoms with van der Waals surface area (Å²) in [6.45, 7) is 10.5. The Kier molecular flexibility index (Phi) is 13.1. The van der Waals surface area contributed by atoms with E-state index >= 15 is 0 Å². The molecule has 1 unspecified atom stereocenters. The first kappa shape index (κ1) is 25.6. The van der Waals surface area contributed by atoms with E-state index in [0.29, 0.717) is 19.0 Å². The molecule has 0 spiro atoms. The number of methoxy groups -OCH3 is 1. The van der Waals surface area contributed by atoms with E-state index in [2.05, 4.69) is 53.8 Å². The van der Waals surface area contributed by atoms with Gasteiger partial charge in [-0.2, -0.15) is 0 Å². The maximum atomic E-state index is 12.0. The summed E-state index contributed by atoms with van der Waals surface area (Å²) in [5.74, 6) is 0.536. The molecule has 0 heterocycles. The Morgan fingerprint density at radius 1 is 1.15 bits per heavy atom. The van der Waals surface area contributed by atoms with Crippen LogP contribution in [-0.2, 0) is 16.0 Å². The molecule has 0 aromatic heterocycles. The van der Waals surface area contributed by atoms with Crippen LogP contribution in [0.4, 0.5) is 0 Å². The lowest BCUT2D eigenvalue weighted by atomic mass is 9.89. The van der Waals surface area contributed by atoms with E-state index in [4.69, 9.17) is 4.74 Å². The number of amides is 1. The first-order valence-corrected chi connectivity index (χ1v) is 9.22. The van der Waals surface area contributed by atoms with Crippen LogP contribution in [0.3, 0.4) is 0 Å². The largest absolute Gasteiger partial charge is 0.379 e. The zero-order valence-electron chi connectivity index (χ0n) is 17.2. The molecular weight excluding hydrogens is 455 g/mol. The molecule has 7 heteroatoms. The van der Waals surface area contributed by atoms with Crippen LogP contribution < -0.4 is 16.0 Å². The lowest BCUT2D eigenvalue weighted by Gasteiger charge is -2.30. The Bertz CT molecular complexity index is 559. The second-order valence-corrected chi connectivity index (χ2v) is 7.25. The highest BCUT2D eigenvalue weighted by Crippen LogP contribution is 2.20. The third kappa shape index (κ3) is 11.2. The fourth-order valence-corrected chi connectivity index (χ4v) is 2.47. The van der Waals surface area contributed by atoms with Crippen molar-refractivity contribution in [2.75, 3.05) is 33.3 Å². The van der Waals surface area contributed by atoms with Gasteiger partial charge in [0.1, 0.15) is 6.54 Å². The van der Waals surface area contributed by atoms with E-state index in [0.717, 1.165) is 13.0 Å². The number of aliphatic imine (C=N–C) groups is 1. The minimum atomic E-state index is -0.0859. The maximum absolute atomic E-state index is 12.0. The van der Waals surface area contributed by atoms with Crippen LogP contribution in [-0.4, -0.2) is 51.3 Å². The standard InChI is InChI=1S/C20H34N4O2.HI/c1-6-21-19(23-14-17(26-5)20(2,3)4)24-15-18(25)22-13-12-16-10-8-7-9-11-16;/h7-11,17H,6,12-15H2,1-5H3,(H,22,25)(H2,21,23,24);1H. The van der Waals surface area contributed by atoms with Gasteiger partial charge in [-0.1, -0.05) is 51.1 Å². The Balaban J connectivity index is 0.00000676. The van der Waals surface area contributed by atoms with Crippen molar-refractivity contribution in [3.8, 4) is 0 Å². The number of carbonyl (C=O) groups is 1. The van der Waals surface area contributed by atoms with Gasteiger partial charge in [-0.05, 0) is 24.3 Å². The first-order chi connectivity index (χ1) is 12.4. The van der Waals surface area contributed by atoms with E-state index in [1.165, 1.54) is 5.56 Å². The SMILES string of the molecule is CCNC(=NCC(=O)NCCc1ccccc1)NCC(OC)C(C)(C)C.I. The molecule has 0 aliphatic heterocycles. The molecule has 0 aliphatic carbocycles. The average molecular weight is 490 g/mol. The minimum absolute atomic E-state index is 0. The molecule has 1 atom stereocenters. The van der Waals surface area contributed by atoms with Gasteiger partial charge in [-0.25, -0.2) is 4.99 Å². The molecule has 1 rings (SSSR count). The molecule has 0 radical (unpaired) electrons. The third-order valence-corrected chi connectivity index (χ3v) is 4.01. The second-order valence-electron chi connectivity index (χ2n) is 7.25. The fourth-order valence-electron chi connectivity index (χ4n) is 2.47. The lowest BCUT2D eigenvalue weighted by molar-refractivity contribution is -0.119. The molecule has 0 fully saturated rings. The molecule has 1 aromatic carbocycles. The van der Waals surface area contributed by atoms with Gasteiger partial charge in [-0.3, -0.25) is 4.79 Å². The summed E-state index contributed by atoms with van der Waals surface area (Å²) in [4.78, 5) is 16.4. The number of nitrogens with one attached hydrogen (secondary N) is 3. The predicted octanol–water partition coefficient (Wildman–Crippen LogP) is 2.58. The number of rotatable bonds is 9. The topological polar surface area (TPSA) is 74.8 Å². The number of ether oxygens (including phenoxy) is 1. The van der Waals surface area contributed by atoms with Crippen molar-refractivity contribution in [3.63, 3.8) is 0 Å². The first-order valence-electron chi connectivity index (χ1n) is 9.22. The number of hydrogen-bond donors (Lipinski definition) is 3. The molecule has 0 bridgehead atoms. The van der Waals surface area contributed by atoms with E-state index in [1.54, 1.807) is 7.11 Å². The molecular formula is C20H35IN4O2. The lowest BCUT2D eigenvalue weighted by Crippen LogP contribution is -2.45. The summed E-state index contributed by atoms with van der Waals surface area (Å²) in [6, 6.07) is 10.1. The van der Waals surface area contributed by atoms with Crippen molar-refractivity contribution >= 4 is 35.8 Å². The quantitative estimate of drug-likeness (QED) is 0.283. The van der Waals surface area contributed by atoms with E-state index in [-0.39, 0.29) is 47.9 Å². The number of nitrogens with zero attached hydrogens (tertiary/aromatic N) is 1. The summed E-state index contributed by atoms with van der Waals surface area (Å²) < 4.78 is 5.54. The van der Waals surface area contributed by atoms with E-state index < -0.39 is 0 Å². The van der Waals surface area contributed by atoms with Crippen LogP contribution in [0.5, 0.6) is 0 Å². The molecule has 0 saturated heterocycles. The number of benzene rings is 1.